The van der Waals surface area contributed by atoms with E-state index >= 15 is 0 Å². The minimum absolute atomic E-state index is 0.00350. The molecule has 9 heteroatoms. The van der Waals surface area contributed by atoms with Gasteiger partial charge in [-0.1, -0.05) is 6.92 Å². The van der Waals surface area contributed by atoms with Gasteiger partial charge in [0.2, 0.25) is 17.7 Å². The van der Waals surface area contributed by atoms with E-state index in [2.05, 4.69) is 21.3 Å². The smallest absolute Gasteiger partial charge is 0.220 e. The summed E-state index contributed by atoms with van der Waals surface area (Å²) in [6.07, 6.45) is 4.86. The molecule has 9 nitrogen and oxygen atoms in total. The predicted molar refractivity (Wildman–Crippen MR) is 120 cm³/mol. The van der Waals surface area contributed by atoms with Crippen molar-refractivity contribution in [1.82, 2.24) is 21.3 Å². The number of unbranched alkanes of at least 4 members (excludes halogenated alkanes) is 2. The molecule has 0 aliphatic heterocycles. The lowest BCUT2D eigenvalue weighted by Crippen LogP contribution is -2.28. The lowest BCUT2D eigenvalue weighted by molar-refractivity contribution is -0.123. The predicted octanol–water partition coefficient (Wildman–Crippen LogP) is 0.795. The minimum atomic E-state index is -0.758. The van der Waals surface area contributed by atoms with Crippen LogP contribution < -0.4 is 21.3 Å². The Kier molecular flexibility index (Phi) is 18.6. The number of aliphatic hydroxyl groups is 1. The Morgan fingerprint density at radius 1 is 0.710 bits per heavy atom. The molecule has 0 aliphatic rings. The van der Waals surface area contributed by atoms with Crippen LogP contribution in [0.15, 0.2) is 0 Å². The number of hydrogen-bond donors (Lipinski definition) is 5. The summed E-state index contributed by atoms with van der Waals surface area (Å²) in [7, 11) is 1.88. The summed E-state index contributed by atoms with van der Waals surface area (Å²) >= 11 is 0. The zero-order valence-corrected chi connectivity index (χ0v) is 19.3. The Balaban J connectivity index is 3.52. The van der Waals surface area contributed by atoms with E-state index in [4.69, 9.17) is 0 Å². The molecule has 0 aromatic carbocycles. The van der Waals surface area contributed by atoms with Crippen molar-refractivity contribution >= 4 is 23.5 Å². The highest BCUT2D eigenvalue weighted by Crippen LogP contribution is 2.04. The SMILES string of the molecule is CCC(=O)CC(O)CCC(=O)NCCCCNC(=O)CCCCC(=O)NCCCNC. The Bertz CT molecular complexity index is 528. The molecule has 0 aliphatic carbocycles. The molecule has 5 N–H and O–H groups in total. The van der Waals surface area contributed by atoms with Crippen molar-refractivity contribution in [3.63, 3.8) is 0 Å². The van der Waals surface area contributed by atoms with Gasteiger partial charge in [0, 0.05) is 51.7 Å². The van der Waals surface area contributed by atoms with Crippen LogP contribution in [0.5, 0.6) is 0 Å². The highest BCUT2D eigenvalue weighted by molar-refractivity contribution is 5.79. The number of hydrogen-bond acceptors (Lipinski definition) is 6. The molecule has 0 rings (SSSR count). The molecule has 180 valence electrons. The topological polar surface area (TPSA) is 137 Å². The molecular weight excluding hydrogens is 400 g/mol. The third kappa shape index (κ3) is 19.7. The Morgan fingerprint density at radius 3 is 1.68 bits per heavy atom. The monoisotopic (exact) mass is 442 g/mol. The summed E-state index contributed by atoms with van der Waals surface area (Å²) < 4.78 is 0. The quantitative estimate of drug-likeness (QED) is 0.177. The maximum absolute atomic E-state index is 11.8. The highest BCUT2D eigenvalue weighted by Gasteiger charge is 2.11. The first-order valence-corrected chi connectivity index (χ1v) is 11.5. The van der Waals surface area contributed by atoms with Gasteiger partial charge < -0.3 is 26.4 Å². The summed E-state index contributed by atoms with van der Waals surface area (Å²) in [4.78, 5) is 46.3. The average Bonchev–Trinajstić information content (AvgIpc) is 2.75. The van der Waals surface area contributed by atoms with Crippen molar-refractivity contribution in [3.05, 3.63) is 0 Å². The third-order valence-corrected chi connectivity index (χ3v) is 4.79. The van der Waals surface area contributed by atoms with E-state index in [-0.39, 0.29) is 42.8 Å². The summed E-state index contributed by atoms with van der Waals surface area (Å²) in [6, 6.07) is 0. The molecule has 0 bridgehead atoms. The van der Waals surface area contributed by atoms with Gasteiger partial charge in [0.25, 0.3) is 0 Å². The van der Waals surface area contributed by atoms with Gasteiger partial charge in [-0.25, -0.2) is 0 Å². The van der Waals surface area contributed by atoms with Crippen molar-refractivity contribution in [2.24, 2.45) is 0 Å². The molecule has 0 spiro atoms. The molecular formula is C22H42N4O5. The highest BCUT2D eigenvalue weighted by atomic mass is 16.3. The summed E-state index contributed by atoms with van der Waals surface area (Å²) in [5, 5.41) is 21.2. The van der Waals surface area contributed by atoms with Crippen molar-refractivity contribution in [2.75, 3.05) is 33.2 Å². The number of carbonyl (C=O) groups is 4. The molecule has 0 aromatic rings. The van der Waals surface area contributed by atoms with Gasteiger partial charge in [-0.2, -0.15) is 0 Å². The van der Waals surface area contributed by atoms with Crippen LogP contribution in [0.3, 0.4) is 0 Å². The Morgan fingerprint density at radius 2 is 1.19 bits per heavy atom. The van der Waals surface area contributed by atoms with Gasteiger partial charge >= 0.3 is 0 Å². The second-order valence-corrected chi connectivity index (χ2v) is 7.71. The van der Waals surface area contributed by atoms with Crippen LogP contribution in [0.1, 0.15) is 77.6 Å². The van der Waals surface area contributed by atoms with Crippen LogP contribution in [0.2, 0.25) is 0 Å². The first-order valence-electron chi connectivity index (χ1n) is 11.5. The van der Waals surface area contributed by atoms with E-state index in [1.807, 2.05) is 7.05 Å². The summed E-state index contributed by atoms with van der Waals surface area (Å²) in [6.45, 7) is 4.36. The number of rotatable bonds is 20. The molecule has 0 radical (unpaired) electrons. The fourth-order valence-electron chi connectivity index (χ4n) is 2.84. The molecule has 1 unspecified atom stereocenters. The van der Waals surface area contributed by atoms with Crippen LogP contribution in [0.25, 0.3) is 0 Å². The number of nitrogens with one attached hydrogen (secondary N) is 4. The molecule has 0 heterocycles. The Hall–Kier alpha value is -2.00. The zero-order chi connectivity index (χ0) is 23.3. The van der Waals surface area contributed by atoms with Gasteiger partial charge in [-0.15, -0.1) is 0 Å². The minimum Gasteiger partial charge on any atom is -0.393 e. The molecule has 31 heavy (non-hydrogen) atoms. The second-order valence-electron chi connectivity index (χ2n) is 7.71. The summed E-state index contributed by atoms with van der Waals surface area (Å²) in [5.41, 5.74) is 0. The van der Waals surface area contributed by atoms with E-state index in [1.165, 1.54) is 0 Å². The van der Waals surface area contributed by atoms with E-state index < -0.39 is 6.10 Å². The second kappa shape index (κ2) is 19.9. The lowest BCUT2D eigenvalue weighted by Gasteiger charge is -2.10. The molecule has 0 saturated carbocycles. The zero-order valence-electron chi connectivity index (χ0n) is 19.3. The molecule has 1 atom stereocenters. The number of amides is 3. The standard InChI is InChI=1S/C22H42N4O5/c1-3-18(27)17-19(28)11-12-22(31)25-15-7-6-14-24-20(29)9-4-5-10-21(30)26-16-8-13-23-2/h19,23,28H,3-17H2,1-2H3,(H,24,29)(H,25,31)(H,26,30). The molecule has 0 fully saturated rings. The van der Waals surface area contributed by atoms with Crippen molar-refractivity contribution < 1.29 is 24.3 Å². The first-order chi connectivity index (χ1) is 14.9. The fourth-order valence-corrected chi connectivity index (χ4v) is 2.84. The van der Waals surface area contributed by atoms with Crippen LogP contribution in [-0.4, -0.2) is 67.9 Å². The number of aliphatic hydroxyl groups excluding tert-OH is 1. The van der Waals surface area contributed by atoms with Crippen LogP contribution in [0, 0.1) is 0 Å². The average molecular weight is 443 g/mol. The van der Waals surface area contributed by atoms with Crippen molar-refractivity contribution in [1.29, 1.82) is 0 Å². The van der Waals surface area contributed by atoms with Crippen LogP contribution in [-0.2, 0) is 19.2 Å². The molecule has 0 saturated heterocycles. The maximum atomic E-state index is 11.8. The normalized spacial score (nSPS) is 11.6. The number of Topliss-reactive ketones (excluding diaryl/α,β-unsaturated/α-hetero) is 1. The van der Waals surface area contributed by atoms with E-state index in [0.29, 0.717) is 51.7 Å². The van der Waals surface area contributed by atoms with Gasteiger partial charge in [-0.3, -0.25) is 19.2 Å². The molecule has 3 amide bonds. The fraction of sp³-hybridized carbons (Fsp3) is 0.818. The van der Waals surface area contributed by atoms with E-state index in [0.717, 1.165) is 25.8 Å². The van der Waals surface area contributed by atoms with E-state index in [1.54, 1.807) is 6.92 Å². The first kappa shape index (κ1) is 29.0. The summed E-state index contributed by atoms with van der Waals surface area (Å²) in [5.74, 6) is -0.133. The van der Waals surface area contributed by atoms with Gasteiger partial charge in [0.1, 0.15) is 5.78 Å². The van der Waals surface area contributed by atoms with Crippen LogP contribution >= 0.6 is 0 Å². The van der Waals surface area contributed by atoms with E-state index in [9.17, 15) is 24.3 Å². The lowest BCUT2D eigenvalue weighted by atomic mass is 10.1. The van der Waals surface area contributed by atoms with Gasteiger partial charge in [0.15, 0.2) is 0 Å². The van der Waals surface area contributed by atoms with Crippen molar-refractivity contribution in [3.8, 4) is 0 Å². The van der Waals surface area contributed by atoms with Crippen LogP contribution in [0.4, 0.5) is 0 Å². The number of ketones is 1. The van der Waals surface area contributed by atoms with Gasteiger partial charge in [-0.05, 0) is 52.1 Å². The van der Waals surface area contributed by atoms with Crippen molar-refractivity contribution in [2.45, 2.75) is 83.7 Å². The van der Waals surface area contributed by atoms with Gasteiger partial charge in [0.05, 0.1) is 6.10 Å². The molecule has 0 aromatic heterocycles. The maximum Gasteiger partial charge on any atom is 0.220 e. The Labute approximate surface area is 186 Å². The largest absolute Gasteiger partial charge is 0.393 e. The third-order valence-electron chi connectivity index (χ3n) is 4.79. The number of carbonyl (C=O) groups excluding carboxylic acids is 4.